The van der Waals surface area contributed by atoms with Crippen LogP contribution in [0.5, 0.6) is 0 Å². The number of halogens is 2. The molecule has 0 N–H and O–H groups in total. The van der Waals surface area contributed by atoms with E-state index in [4.69, 9.17) is 0 Å². The topological polar surface area (TPSA) is 30.0 Å². The van der Waals surface area contributed by atoms with Crippen LogP contribution in [0, 0.1) is 3.57 Å². The monoisotopic (exact) mass is 311 g/mol. The Morgan fingerprint density at radius 1 is 1.60 bits per heavy atom. The lowest BCUT2D eigenvalue weighted by atomic mass is 10.4. The van der Waals surface area contributed by atoms with Gasteiger partial charge >= 0.3 is 0 Å². The third kappa shape index (κ3) is 1.76. The largest absolute Gasteiger partial charge is 0.296 e. The average molecular weight is 312 g/mol. The smallest absolute Gasteiger partial charge is 0.168 e. The molecule has 0 radical (unpaired) electrons. The fraction of sp³-hybridized carbons (Fsp3) is 0. The van der Waals surface area contributed by atoms with Gasteiger partial charge < -0.3 is 0 Å². The molecule has 1 aromatic heterocycles. The summed E-state index contributed by atoms with van der Waals surface area (Å²) >= 11 is 5.34. The zero-order chi connectivity index (χ0) is 7.56. The summed E-state index contributed by atoms with van der Waals surface area (Å²) in [5.74, 6) is 0. The number of hydrogen-bond acceptors (Lipinski definition) is 2. The van der Waals surface area contributed by atoms with E-state index in [9.17, 15) is 4.79 Å². The van der Waals surface area contributed by atoms with Crippen molar-refractivity contribution < 1.29 is 4.79 Å². The predicted molar refractivity (Wildman–Crippen MR) is 50.0 cm³/mol. The number of aromatic nitrogens is 1. The van der Waals surface area contributed by atoms with E-state index >= 15 is 0 Å². The van der Waals surface area contributed by atoms with Gasteiger partial charge in [-0.05, 0) is 50.7 Å². The standard InChI is InChI=1S/C6H3BrINO/c7-6-5(8)2-1-4(3-10)9-6/h1-3H. The van der Waals surface area contributed by atoms with Gasteiger partial charge in [0.2, 0.25) is 0 Å². The van der Waals surface area contributed by atoms with Crippen LogP contribution in [0.15, 0.2) is 16.7 Å². The van der Waals surface area contributed by atoms with Crippen LogP contribution in [-0.4, -0.2) is 11.3 Å². The zero-order valence-electron chi connectivity index (χ0n) is 4.84. The molecule has 0 amide bonds. The Morgan fingerprint density at radius 3 is 2.80 bits per heavy atom. The second-order valence-electron chi connectivity index (χ2n) is 1.63. The third-order valence-electron chi connectivity index (χ3n) is 0.946. The van der Waals surface area contributed by atoms with Crippen LogP contribution in [0.25, 0.3) is 0 Å². The molecule has 1 rings (SSSR count). The zero-order valence-corrected chi connectivity index (χ0v) is 8.59. The minimum atomic E-state index is 0.451. The Morgan fingerprint density at radius 2 is 2.30 bits per heavy atom. The minimum Gasteiger partial charge on any atom is -0.296 e. The van der Waals surface area contributed by atoms with Crippen molar-refractivity contribution >= 4 is 44.8 Å². The summed E-state index contributed by atoms with van der Waals surface area (Å²) in [4.78, 5) is 14.1. The number of carbonyl (C=O) groups is 1. The van der Waals surface area contributed by atoms with Crippen molar-refractivity contribution in [2.45, 2.75) is 0 Å². The SMILES string of the molecule is O=Cc1ccc(I)c(Br)n1. The molecule has 0 fully saturated rings. The highest BCUT2D eigenvalue weighted by Gasteiger charge is 1.97. The van der Waals surface area contributed by atoms with Crippen LogP contribution in [0.2, 0.25) is 0 Å². The highest BCUT2D eigenvalue weighted by atomic mass is 127. The number of nitrogens with zero attached hydrogens (tertiary/aromatic N) is 1. The van der Waals surface area contributed by atoms with Gasteiger partial charge in [0.1, 0.15) is 10.3 Å². The van der Waals surface area contributed by atoms with Gasteiger partial charge in [0.15, 0.2) is 6.29 Å². The maximum Gasteiger partial charge on any atom is 0.168 e. The van der Waals surface area contributed by atoms with E-state index in [0.29, 0.717) is 5.69 Å². The summed E-state index contributed by atoms with van der Waals surface area (Å²) in [6.07, 6.45) is 0.723. The maximum absolute atomic E-state index is 10.2. The van der Waals surface area contributed by atoms with Crippen molar-refractivity contribution in [1.29, 1.82) is 0 Å². The number of rotatable bonds is 1. The van der Waals surface area contributed by atoms with E-state index in [1.807, 2.05) is 6.07 Å². The van der Waals surface area contributed by atoms with Crippen LogP contribution in [0.1, 0.15) is 10.5 Å². The van der Waals surface area contributed by atoms with E-state index in [0.717, 1.165) is 14.5 Å². The Hall–Kier alpha value is 0.0300. The van der Waals surface area contributed by atoms with E-state index in [1.54, 1.807) is 6.07 Å². The second-order valence-corrected chi connectivity index (χ2v) is 3.54. The van der Waals surface area contributed by atoms with Crippen LogP contribution in [0.4, 0.5) is 0 Å². The molecule has 4 heteroatoms. The van der Waals surface area contributed by atoms with E-state index in [-0.39, 0.29) is 0 Å². The summed E-state index contributed by atoms with van der Waals surface area (Å²) < 4.78 is 1.72. The van der Waals surface area contributed by atoms with Crippen molar-refractivity contribution in [3.8, 4) is 0 Å². The first-order valence-corrected chi connectivity index (χ1v) is 4.38. The number of hydrogen-bond donors (Lipinski definition) is 0. The normalized spacial score (nSPS) is 9.40. The van der Waals surface area contributed by atoms with Gasteiger partial charge in [-0.1, -0.05) is 0 Å². The van der Waals surface area contributed by atoms with Gasteiger partial charge in [0.05, 0.1) is 0 Å². The first kappa shape index (κ1) is 8.13. The summed E-state index contributed by atoms with van der Waals surface area (Å²) in [7, 11) is 0. The molecule has 0 aliphatic rings. The van der Waals surface area contributed by atoms with Gasteiger partial charge in [-0.2, -0.15) is 0 Å². The molecule has 0 saturated heterocycles. The number of pyridine rings is 1. The summed E-state index contributed by atoms with van der Waals surface area (Å²) in [6, 6.07) is 3.51. The molecule has 0 atom stereocenters. The Labute approximate surface area is 80.3 Å². The second kappa shape index (κ2) is 3.43. The van der Waals surface area contributed by atoms with Crippen LogP contribution in [0.3, 0.4) is 0 Å². The van der Waals surface area contributed by atoms with E-state index in [1.165, 1.54) is 0 Å². The Balaban J connectivity index is 3.16. The fourth-order valence-electron chi connectivity index (χ4n) is 0.497. The quantitative estimate of drug-likeness (QED) is 0.452. The van der Waals surface area contributed by atoms with E-state index < -0.39 is 0 Å². The molecule has 0 aliphatic carbocycles. The first-order chi connectivity index (χ1) is 4.74. The molecule has 0 unspecified atom stereocenters. The molecule has 52 valence electrons. The molecule has 10 heavy (non-hydrogen) atoms. The summed E-state index contributed by atoms with van der Waals surface area (Å²) in [5.41, 5.74) is 0.451. The van der Waals surface area contributed by atoms with Crippen LogP contribution < -0.4 is 0 Å². The molecule has 0 aromatic carbocycles. The summed E-state index contributed by atoms with van der Waals surface area (Å²) in [5, 5.41) is 0. The molecular weight excluding hydrogens is 309 g/mol. The fourth-order valence-corrected chi connectivity index (χ4v) is 1.13. The third-order valence-corrected chi connectivity index (χ3v) is 3.16. The molecule has 1 heterocycles. The molecule has 0 spiro atoms. The molecule has 0 saturated carbocycles. The highest BCUT2D eigenvalue weighted by molar-refractivity contribution is 14.1. The van der Waals surface area contributed by atoms with Crippen molar-refractivity contribution in [1.82, 2.24) is 4.98 Å². The maximum atomic E-state index is 10.2. The van der Waals surface area contributed by atoms with Crippen molar-refractivity contribution in [3.63, 3.8) is 0 Å². The van der Waals surface area contributed by atoms with Crippen molar-refractivity contribution in [2.75, 3.05) is 0 Å². The van der Waals surface area contributed by atoms with Crippen molar-refractivity contribution in [3.05, 3.63) is 26.0 Å². The van der Waals surface area contributed by atoms with Crippen LogP contribution in [-0.2, 0) is 0 Å². The van der Waals surface area contributed by atoms with Gasteiger partial charge in [-0.3, -0.25) is 4.79 Å². The highest BCUT2D eigenvalue weighted by Crippen LogP contribution is 2.15. The van der Waals surface area contributed by atoms with Gasteiger partial charge in [0, 0.05) is 3.57 Å². The molecule has 1 aromatic rings. The minimum absolute atomic E-state index is 0.451. The Kier molecular flexibility index (Phi) is 2.79. The number of carbonyl (C=O) groups excluding carboxylic acids is 1. The average Bonchev–Trinajstić information content (AvgIpc) is 1.95. The van der Waals surface area contributed by atoms with Gasteiger partial charge in [-0.15, -0.1) is 0 Å². The molecule has 2 nitrogen and oxygen atoms in total. The summed E-state index contributed by atoms with van der Waals surface area (Å²) in [6.45, 7) is 0. The molecular formula is C6H3BrINO. The lowest BCUT2D eigenvalue weighted by molar-refractivity contribution is 0.111. The lowest BCUT2D eigenvalue weighted by Gasteiger charge is -1.93. The molecule has 0 aliphatic heterocycles. The van der Waals surface area contributed by atoms with E-state index in [2.05, 4.69) is 43.5 Å². The van der Waals surface area contributed by atoms with Crippen molar-refractivity contribution in [2.24, 2.45) is 0 Å². The number of aldehydes is 1. The Bertz CT molecular complexity index is 264. The molecule has 0 bridgehead atoms. The van der Waals surface area contributed by atoms with Gasteiger partial charge in [0.25, 0.3) is 0 Å². The first-order valence-electron chi connectivity index (χ1n) is 2.51. The lowest BCUT2D eigenvalue weighted by Crippen LogP contribution is -1.88. The van der Waals surface area contributed by atoms with Gasteiger partial charge in [-0.25, -0.2) is 4.98 Å². The predicted octanol–water partition coefficient (Wildman–Crippen LogP) is 2.26. The van der Waals surface area contributed by atoms with Crippen LogP contribution >= 0.6 is 38.5 Å².